The first kappa shape index (κ1) is 11.7. The number of carbonyl (C=O) groups is 2. The van der Waals surface area contributed by atoms with Crippen molar-refractivity contribution in [1.29, 1.82) is 0 Å². The van der Waals surface area contributed by atoms with E-state index in [9.17, 15) is 9.59 Å². The van der Waals surface area contributed by atoms with Gasteiger partial charge in [0.05, 0.1) is 0 Å². The summed E-state index contributed by atoms with van der Waals surface area (Å²) in [7, 11) is 0. The van der Waals surface area contributed by atoms with Crippen LogP contribution < -0.4 is 0 Å². The second kappa shape index (κ2) is 4.61. The molecule has 1 atom stereocenters. The minimum absolute atomic E-state index is 0.108. The van der Waals surface area contributed by atoms with Gasteiger partial charge in [-0.1, -0.05) is 0 Å². The quantitative estimate of drug-likeness (QED) is 0.853. The number of rotatable bonds is 2. The van der Waals surface area contributed by atoms with Gasteiger partial charge in [-0.05, 0) is 38.3 Å². The number of piperidine rings is 1. The van der Waals surface area contributed by atoms with E-state index < -0.39 is 5.97 Å². The molecule has 1 unspecified atom stereocenters. The molecule has 92 valence electrons. The van der Waals surface area contributed by atoms with Crippen molar-refractivity contribution >= 4 is 11.9 Å². The first-order valence-electron chi connectivity index (χ1n) is 5.73. The van der Waals surface area contributed by atoms with Crippen LogP contribution in [0.2, 0.25) is 0 Å². The average Bonchev–Trinajstić information content (AvgIpc) is 2.78. The van der Waals surface area contributed by atoms with E-state index in [1.165, 1.54) is 12.1 Å². The molecule has 5 nitrogen and oxygen atoms in total. The van der Waals surface area contributed by atoms with E-state index in [4.69, 9.17) is 9.52 Å². The van der Waals surface area contributed by atoms with Crippen molar-refractivity contribution in [3.05, 3.63) is 23.7 Å². The number of carboxylic acid groups (broad SMARTS) is 1. The van der Waals surface area contributed by atoms with Crippen LogP contribution in [0.1, 0.15) is 47.3 Å². The first-order valence-corrected chi connectivity index (χ1v) is 5.73. The van der Waals surface area contributed by atoms with E-state index in [2.05, 4.69) is 0 Å². The van der Waals surface area contributed by atoms with E-state index in [1.807, 2.05) is 6.92 Å². The number of aromatic carboxylic acids is 1. The number of carboxylic acids is 1. The van der Waals surface area contributed by atoms with Gasteiger partial charge in [0.15, 0.2) is 5.76 Å². The Labute approximate surface area is 99.0 Å². The summed E-state index contributed by atoms with van der Waals surface area (Å²) in [6.45, 7) is 2.71. The van der Waals surface area contributed by atoms with Gasteiger partial charge in [0.25, 0.3) is 5.91 Å². The zero-order valence-electron chi connectivity index (χ0n) is 9.68. The number of carbonyl (C=O) groups excluding carboxylic acids is 1. The molecule has 0 aromatic carbocycles. The molecule has 0 saturated carbocycles. The van der Waals surface area contributed by atoms with Crippen LogP contribution in [0.25, 0.3) is 0 Å². The molecule has 2 heterocycles. The molecular weight excluding hydrogens is 222 g/mol. The van der Waals surface area contributed by atoms with Crippen molar-refractivity contribution in [2.75, 3.05) is 6.54 Å². The highest BCUT2D eigenvalue weighted by Crippen LogP contribution is 2.20. The van der Waals surface area contributed by atoms with Gasteiger partial charge < -0.3 is 14.4 Å². The number of hydrogen-bond donors (Lipinski definition) is 1. The SMILES string of the molecule is CC1CCCCN1C(=O)c1ccc(C(=O)O)o1. The lowest BCUT2D eigenvalue weighted by atomic mass is 10.0. The molecule has 0 aliphatic carbocycles. The summed E-state index contributed by atoms with van der Waals surface area (Å²) in [5.74, 6) is -1.46. The molecule has 1 fully saturated rings. The normalized spacial score (nSPS) is 20.3. The Kier molecular flexibility index (Phi) is 3.17. The number of furan rings is 1. The summed E-state index contributed by atoms with van der Waals surface area (Å²) < 4.78 is 5.02. The van der Waals surface area contributed by atoms with Crippen molar-refractivity contribution in [3.8, 4) is 0 Å². The third kappa shape index (κ3) is 2.33. The highest BCUT2D eigenvalue weighted by atomic mass is 16.4. The zero-order chi connectivity index (χ0) is 12.4. The molecule has 1 amide bonds. The molecule has 1 aromatic heterocycles. The second-order valence-corrected chi connectivity index (χ2v) is 4.31. The topological polar surface area (TPSA) is 70.8 Å². The van der Waals surface area contributed by atoms with Crippen molar-refractivity contribution in [2.24, 2.45) is 0 Å². The largest absolute Gasteiger partial charge is 0.475 e. The Morgan fingerprint density at radius 1 is 1.35 bits per heavy atom. The van der Waals surface area contributed by atoms with E-state index in [-0.39, 0.29) is 23.5 Å². The molecular formula is C12H15NO4. The van der Waals surface area contributed by atoms with Crippen LogP contribution in [0.15, 0.2) is 16.5 Å². The summed E-state index contributed by atoms with van der Waals surface area (Å²) >= 11 is 0. The molecule has 0 bridgehead atoms. The standard InChI is InChI=1S/C12H15NO4/c1-8-4-2-3-7-13(8)11(14)9-5-6-10(17-9)12(15)16/h5-6,8H,2-4,7H2,1H3,(H,15,16). The number of hydrogen-bond acceptors (Lipinski definition) is 3. The maximum atomic E-state index is 12.1. The Morgan fingerprint density at radius 2 is 2.06 bits per heavy atom. The van der Waals surface area contributed by atoms with E-state index in [0.29, 0.717) is 6.54 Å². The Morgan fingerprint density at radius 3 is 2.65 bits per heavy atom. The summed E-state index contributed by atoms with van der Waals surface area (Å²) in [6.07, 6.45) is 3.10. The fourth-order valence-electron chi connectivity index (χ4n) is 2.11. The molecule has 2 rings (SSSR count). The van der Waals surface area contributed by atoms with Crippen LogP contribution in [-0.2, 0) is 0 Å². The van der Waals surface area contributed by atoms with Crippen LogP contribution in [0.5, 0.6) is 0 Å². The summed E-state index contributed by atoms with van der Waals surface area (Å²) in [5.41, 5.74) is 0. The number of likely N-dealkylation sites (tertiary alicyclic amines) is 1. The third-order valence-electron chi connectivity index (χ3n) is 3.09. The maximum Gasteiger partial charge on any atom is 0.371 e. The second-order valence-electron chi connectivity index (χ2n) is 4.31. The van der Waals surface area contributed by atoms with Crippen LogP contribution >= 0.6 is 0 Å². The molecule has 0 spiro atoms. The molecule has 17 heavy (non-hydrogen) atoms. The van der Waals surface area contributed by atoms with Crippen LogP contribution in [0.4, 0.5) is 0 Å². The van der Waals surface area contributed by atoms with E-state index in [1.54, 1.807) is 4.90 Å². The van der Waals surface area contributed by atoms with Gasteiger partial charge in [-0.3, -0.25) is 4.79 Å². The predicted molar refractivity (Wildman–Crippen MR) is 60.0 cm³/mol. The van der Waals surface area contributed by atoms with Crippen molar-refractivity contribution in [3.63, 3.8) is 0 Å². The maximum absolute atomic E-state index is 12.1. The lowest BCUT2D eigenvalue weighted by Gasteiger charge is -2.32. The van der Waals surface area contributed by atoms with E-state index >= 15 is 0 Å². The van der Waals surface area contributed by atoms with Gasteiger partial charge in [0.2, 0.25) is 5.76 Å². The fourth-order valence-corrected chi connectivity index (χ4v) is 2.11. The molecule has 1 saturated heterocycles. The summed E-state index contributed by atoms with van der Waals surface area (Å²) in [4.78, 5) is 24.5. The Balaban J connectivity index is 2.15. The number of amides is 1. The third-order valence-corrected chi connectivity index (χ3v) is 3.09. The summed E-state index contributed by atoms with van der Waals surface area (Å²) in [5, 5.41) is 8.72. The predicted octanol–water partition coefficient (Wildman–Crippen LogP) is 1.99. The van der Waals surface area contributed by atoms with E-state index in [0.717, 1.165) is 19.3 Å². The van der Waals surface area contributed by atoms with Gasteiger partial charge >= 0.3 is 5.97 Å². The van der Waals surface area contributed by atoms with Gasteiger partial charge in [-0.15, -0.1) is 0 Å². The molecule has 0 radical (unpaired) electrons. The first-order chi connectivity index (χ1) is 8.09. The van der Waals surface area contributed by atoms with Crippen LogP contribution in [0, 0.1) is 0 Å². The lowest BCUT2D eigenvalue weighted by molar-refractivity contribution is 0.0589. The number of nitrogens with zero attached hydrogens (tertiary/aromatic N) is 1. The van der Waals surface area contributed by atoms with Gasteiger partial charge in [0.1, 0.15) is 0 Å². The fraction of sp³-hybridized carbons (Fsp3) is 0.500. The van der Waals surface area contributed by atoms with Crippen molar-refractivity contribution in [1.82, 2.24) is 4.90 Å². The minimum atomic E-state index is -1.16. The van der Waals surface area contributed by atoms with Crippen molar-refractivity contribution < 1.29 is 19.1 Å². The molecule has 1 aliphatic rings. The van der Waals surface area contributed by atoms with Gasteiger partial charge in [-0.2, -0.15) is 0 Å². The smallest absolute Gasteiger partial charge is 0.371 e. The molecule has 1 N–H and O–H groups in total. The Hall–Kier alpha value is -1.78. The summed E-state index contributed by atoms with van der Waals surface area (Å²) in [6, 6.07) is 2.92. The average molecular weight is 237 g/mol. The van der Waals surface area contributed by atoms with Crippen molar-refractivity contribution in [2.45, 2.75) is 32.2 Å². The molecule has 1 aliphatic heterocycles. The lowest BCUT2D eigenvalue weighted by Crippen LogP contribution is -2.41. The minimum Gasteiger partial charge on any atom is -0.475 e. The monoisotopic (exact) mass is 237 g/mol. The molecule has 1 aromatic rings. The van der Waals surface area contributed by atoms with Gasteiger partial charge in [0, 0.05) is 12.6 Å². The van der Waals surface area contributed by atoms with Crippen LogP contribution in [0.3, 0.4) is 0 Å². The Bertz CT molecular complexity index is 437. The van der Waals surface area contributed by atoms with Crippen LogP contribution in [-0.4, -0.2) is 34.5 Å². The zero-order valence-corrected chi connectivity index (χ0v) is 9.68. The highest BCUT2D eigenvalue weighted by molar-refractivity contribution is 5.93. The van der Waals surface area contributed by atoms with Gasteiger partial charge in [-0.25, -0.2) is 4.79 Å². The highest BCUT2D eigenvalue weighted by Gasteiger charge is 2.26. The molecule has 5 heteroatoms.